The van der Waals surface area contributed by atoms with Crippen LogP contribution in [0.25, 0.3) is 0 Å². The highest BCUT2D eigenvalue weighted by molar-refractivity contribution is 5.88. The molecule has 5 nitrogen and oxygen atoms in total. The van der Waals surface area contributed by atoms with Crippen molar-refractivity contribution in [1.29, 1.82) is 0 Å². The van der Waals surface area contributed by atoms with Crippen molar-refractivity contribution in [3.63, 3.8) is 0 Å². The quantitative estimate of drug-likeness (QED) is 0.540. The third-order valence-electron chi connectivity index (χ3n) is 8.61. The Labute approximate surface area is 213 Å². The summed E-state index contributed by atoms with van der Waals surface area (Å²) in [6, 6.07) is 31.2. The average Bonchev–Trinajstić information content (AvgIpc) is 3.40. The molecule has 3 saturated heterocycles. The lowest BCUT2D eigenvalue weighted by Crippen LogP contribution is -2.54. The zero-order chi connectivity index (χ0) is 24.5. The third-order valence-corrected chi connectivity index (χ3v) is 8.61. The number of aliphatic hydroxyl groups is 1. The molecule has 2 bridgehead atoms. The number of carbonyl (C=O) groups is 1. The van der Waals surface area contributed by atoms with Crippen LogP contribution in [0.3, 0.4) is 0 Å². The van der Waals surface area contributed by atoms with Crippen LogP contribution < -0.4 is 5.32 Å². The molecule has 36 heavy (non-hydrogen) atoms. The maximum atomic E-state index is 14.5. The first-order chi connectivity index (χ1) is 17.6. The highest BCUT2D eigenvalue weighted by atomic mass is 16.3. The van der Waals surface area contributed by atoms with Gasteiger partial charge in [-0.1, -0.05) is 91.0 Å². The number of aliphatic hydroxyl groups excluding tert-OH is 1. The van der Waals surface area contributed by atoms with Crippen molar-refractivity contribution in [2.75, 3.05) is 6.54 Å². The van der Waals surface area contributed by atoms with Gasteiger partial charge in [-0.15, -0.1) is 0 Å². The van der Waals surface area contributed by atoms with Gasteiger partial charge in [-0.2, -0.15) is 0 Å². The van der Waals surface area contributed by atoms with Crippen LogP contribution in [-0.2, 0) is 24.3 Å². The molecule has 5 heteroatoms. The minimum Gasteiger partial charge on any atom is -0.390 e. The minimum atomic E-state index is -0.604. The molecule has 0 aromatic heterocycles. The Morgan fingerprint density at radius 1 is 0.861 bits per heavy atom. The van der Waals surface area contributed by atoms with E-state index in [1.807, 2.05) is 47.4 Å². The van der Waals surface area contributed by atoms with Crippen molar-refractivity contribution in [2.45, 2.75) is 68.5 Å². The van der Waals surface area contributed by atoms with Gasteiger partial charge in [-0.25, -0.2) is 0 Å². The maximum absolute atomic E-state index is 14.5. The highest BCUT2D eigenvalue weighted by Gasteiger charge is 2.63. The van der Waals surface area contributed by atoms with Gasteiger partial charge in [-0.3, -0.25) is 9.69 Å². The van der Waals surface area contributed by atoms with E-state index in [1.165, 1.54) is 5.56 Å². The van der Waals surface area contributed by atoms with E-state index >= 15 is 0 Å². The Bertz CT molecular complexity index is 1170. The normalized spacial score (nSPS) is 29.8. The monoisotopic (exact) mass is 481 g/mol. The predicted molar refractivity (Wildman–Crippen MR) is 141 cm³/mol. The molecule has 5 atom stereocenters. The summed E-state index contributed by atoms with van der Waals surface area (Å²) in [5.41, 5.74) is 2.99. The fourth-order valence-corrected chi connectivity index (χ4v) is 6.84. The largest absolute Gasteiger partial charge is 0.390 e. The van der Waals surface area contributed by atoms with Crippen molar-refractivity contribution >= 4 is 5.91 Å². The molecule has 6 rings (SSSR count). The fourth-order valence-electron chi connectivity index (χ4n) is 6.84. The zero-order valence-corrected chi connectivity index (χ0v) is 20.7. The van der Waals surface area contributed by atoms with Crippen LogP contribution in [0, 0.1) is 0 Å². The number of nitrogens with zero attached hydrogens (tertiary/aromatic N) is 2. The molecule has 1 unspecified atom stereocenters. The molecule has 0 radical (unpaired) electrons. The number of nitrogens with one attached hydrogen (secondary N) is 1. The number of β-amino-alcohol motifs (C(OH)–C–C–N with tert-alkyl or cyclic N) is 1. The lowest BCUT2D eigenvalue weighted by Gasteiger charge is -2.38. The maximum Gasteiger partial charge on any atom is 0.243 e. The number of rotatable bonds is 7. The van der Waals surface area contributed by atoms with E-state index in [0.29, 0.717) is 19.5 Å². The van der Waals surface area contributed by atoms with E-state index in [4.69, 9.17) is 0 Å². The summed E-state index contributed by atoms with van der Waals surface area (Å²) in [4.78, 5) is 18.9. The van der Waals surface area contributed by atoms with Crippen molar-refractivity contribution in [3.8, 4) is 0 Å². The lowest BCUT2D eigenvalue weighted by atomic mass is 9.83. The molecule has 3 aliphatic heterocycles. The van der Waals surface area contributed by atoms with Gasteiger partial charge < -0.3 is 15.3 Å². The highest BCUT2D eigenvalue weighted by Crippen LogP contribution is 2.49. The van der Waals surface area contributed by atoms with E-state index in [9.17, 15) is 9.90 Å². The van der Waals surface area contributed by atoms with Gasteiger partial charge in [0.25, 0.3) is 0 Å². The van der Waals surface area contributed by atoms with Gasteiger partial charge in [0.15, 0.2) is 0 Å². The van der Waals surface area contributed by atoms with Crippen molar-refractivity contribution < 1.29 is 9.90 Å². The van der Waals surface area contributed by atoms with Gasteiger partial charge in [-0.05, 0) is 42.4 Å². The average molecular weight is 482 g/mol. The first kappa shape index (κ1) is 23.4. The van der Waals surface area contributed by atoms with E-state index in [2.05, 4.69) is 58.7 Å². The molecule has 0 aliphatic carbocycles. The summed E-state index contributed by atoms with van der Waals surface area (Å²) in [5, 5.41) is 15.4. The molecule has 1 amide bonds. The van der Waals surface area contributed by atoms with Crippen LogP contribution in [0.1, 0.15) is 36.0 Å². The van der Waals surface area contributed by atoms with Gasteiger partial charge in [0, 0.05) is 31.7 Å². The van der Waals surface area contributed by atoms with Crippen molar-refractivity contribution in [1.82, 2.24) is 15.1 Å². The zero-order valence-electron chi connectivity index (χ0n) is 20.7. The molecule has 3 aliphatic rings. The van der Waals surface area contributed by atoms with E-state index < -0.39 is 11.6 Å². The van der Waals surface area contributed by atoms with Crippen LogP contribution in [0.5, 0.6) is 0 Å². The van der Waals surface area contributed by atoms with E-state index in [-0.39, 0.29) is 24.0 Å². The molecular formula is C31H35N3O2. The topological polar surface area (TPSA) is 55.8 Å². The van der Waals surface area contributed by atoms with Crippen LogP contribution in [0.15, 0.2) is 91.0 Å². The van der Waals surface area contributed by atoms with Crippen LogP contribution in [0.2, 0.25) is 0 Å². The van der Waals surface area contributed by atoms with Gasteiger partial charge in [0.05, 0.1) is 12.1 Å². The number of hydrogen-bond donors (Lipinski definition) is 2. The number of benzene rings is 3. The summed E-state index contributed by atoms with van der Waals surface area (Å²) in [7, 11) is 0. The standard InChI is InChI=1S/C31H35N3O2/c35-29-22-34-27-16-17-31(34,19-26(27)32-20-24-12-6-2-7-13-24)30(36)33(21-25-14-8-3-9-15-25)28(29)18-23-10-4-1-5-11-23/h1-15,26-29,32,35H,16-22H2/t26?,27-,28-,29-,31-/m1/s1. The number of amides is 1. The first-order valence-electron chi connectivity index (χ1n) is 13.3. The van der Waals surface area contributed by atoms with E-state index in [0.717, 1.165) is 36.9 Å². The Morgan fingerprint density at radius 3 is 2.14 bits per heavy atom. The Kier molecular flexibility index (Phi) is 6.38. The molecule has 3 fully saturated rings. The summed E-state index contributed by atoms with van der Waals surface area (Å²) >= 11 is 0. The smallest absolute Gasteiger partial charge is 0.243 e. The molecule has 3 aromatic carbocycles. The third kappa shape index (κ3) is 4.26. The Morgan fingerprint density at radius 2 is 1.47 bits per heavy atom. The number of hydrogen-bond acceptors (Lipinski definition) is 4. The van der Waals surface area contributed by atoms with Gasteiger partial charge in [0.1, 0.15) is 5.54 Å². The molecule has 3 heterocycles. The molecule has 186 valence electrons. The first-order valence-corrected chi connectivity index (χ1v) is 13.3. The SMILES string of the molecule is O=C1N(Cc2ccccc2)[C@H](Cc2ccccc2)[C@H](O)CN2[C@@H]3CC[C@@]12CC3NCc1ccccc1. The Balaban J connectivity index is 1.29. The minimum absolute atomic E-state index is 0.190. The van der Waals surface area contributed by atoms with Crippen LogP contribution >= 0.6 is 0 Å². The van der Waals surface area contributed by atoms with Crippen LogP contribution in [-0.4, -0.2) is 57.1 Å². The van der Waals surface area contributed by atoms with Crippen LogP contribution in [0.4, 0.5) is 0 Å². The lowest BCUT2D eigenvalue weighted by molar-refractivity contribution is -0.143. The summed E-state index contributed by atoms with van der Waals surface area (Å²) in [6.07, 6.45) is 2.72. The molecule has 0 saturated carbocycles. The second-order valence-corrected chi connectivity index (χ2v) is 10.7. The van der Waals surface area contributed by atoms with Gasteiger partial charge in [0.2, 0.25) is 5.91 Å². The Hall–Kier alpha value is -2.99. The second kappa shape index (κ2) is 9.81. The van der Waals surface area contributed by atoms with E-state index in [1.54, 1.807) is 0 Å². The number of carbonyl (C=O) groups excluding carboxylic acids is 1. The summed E-state index contributed by atoms with van der Waals surface area (Å²) < 4.78 is 0. The predicted octanol–water partition coefficient (Wildman–Crippen LogP) is 3.77. The summed E-state index contributed by atoms with van der Waals surface area (Å²) in [5.74, 6) is 0.190. The van der Waals surface area contributed by atoms with Crippen molar-refractivity contribution in [3.05, 3.63) is 108 Å². The fraction of sp³-hybridized carbons (Fsp3) is 0.387. The van der Waals surface area contributed by atoms with Crippen molar-refractivity contribution in [2.24, 2.45) is 0 Å². The molecule has 2 N–H and O–H groups in total. The summed E-state index contributed by atoms with van der Waals surface area (Å²) in [6.45, 7) is 1.87. The molecule has 0 spiro atoms. The van der Waals surface area contributed by atoms with Gasteiger partial charge >= 0.3 is 0 Å². The molecular weight excluding hydrogens is 446 g/mol. The molecule has 3 aromatic rings. The second-order valence-electron chi connectivity index (χ2n) is 10.7.